The maximum atomic E-state index is 12.6. The molecule has 4 rings (SSSR count). The lowest BCUT2D eigenvalue weighted by atomic mass is 9.92. The minimum Gasteiger partial charge on any atom is -0.334 e. The van der Waals surface area contributed by atoms with E-state index in [-0.39, 0.29) is 17.4 Å². The van der Waals surface area contributed by atoms with Crippen molar-refractivity contribution in [3.63, 3.8) is 0 Å². The Morgan fingerprint density at radius 1 is 1.12 bits per heavy atom. The van der Waals surface area contributed by atoms with Crippen LogP contribution in [-0.4, -0.2) is 30.4 Å². The Labute approximate surface area is 204 Å². The Morgan fingerprint density at radius 3 is 2.59 bits per heavy atom. The second kappa shape index (κ2) is 9.50. The first-order valence-electron chi connectivity index (χ1n) is 11.3. The summed E-state index contributed by atoms with van der Waals surface area (Å²) in [6.07, 6.45) is 2.07. The van der Waals surface area contributed by atoms with Crippen LogP contribution in [0.4, 0.5) is 10.6 Å². The van der Waals surface area contributed by atoms with Crippen LogP contribution in [0.15, 0.2) is 58.5 Å². The van der Waals surface area contributed by atoms with Crippen LogP contribution in [0, 0.1) is 0 Å². The molecule has 0 fully saturated rings. The zero-order chi connectivity index (χ0) is 24.5. The van der Waals surface area contributed by atoms with Gasteiger partial charge in [-0.05, 0) is 23.8 Å². The van der Waals surface area contributed by atoms with E-state index in [1.165, 1.54) is 0 Å². The van der Waals surface area contributed by atoms with Crippen molar-refractivity contribution >= 4 is 29.3 Å². The molecular formula is C25H31N7OS. The summed E-state index contributed by atoms with van der Waals surface area (Å²) in [5.74, 6) is 1.88. The zero-order valence-electron chi connectivity index (χ0n) is 20.5. The Balaban J connectivity index is 1.45. The van der Waals surface area contributed by atoms with Crippen molar-refractivity contribution in [3.05, 3.63) is 65.7 Å². The van der Waals surface area contributed by atoms with Crippen molar-refractivity contribution in [1.29, 1.82) is 0 Å². The number of anilines is 1. The second-order valence-corrected chi connectivity index (χ2v) is 10.7. The first-order valence-corrected chi connectivity index (χ1v) is 12.1. The first-order chi connectivity index (χ1) is 16.1. The Morgan fingerprint density at radius 2 is 1.88 bits per heavy atom. The maximum absolute atomic E-state index is 12.6. The predicted octanol–water partition coefficient (Wildman–Crippen LogP) is 5.36. The highest BCUT2D eigenvalue weighted by Crippen LogP contribution is 2.31. The van der Waals surface area contributed by atoms with E-state index in [1.807, 2.05) is 47.8 Å². The van der Waals surface area contributed by atoms with Crippen LogP contribution in [0.5, 0.6) is 0 Å². The summed E-state index contributed by atoms with van der Waals surface area (Å²) in [6.45, 7) is 10.9. The normalized spacial score (nSPS) is 11.9. The number of carbonyl (C=O) groups is 1. The van der Waals surface area contributed by atoms with Crippen LogP contribution in [0.1, 0.15) is 57.6 Å². The molecule has 178 valence electrons. The van der Waals surface area contributed by atoms with Gasteiger partial charge in [0, 0.05) is 47.0 Å². The lowest BCUT2D eigenvalue weighted by molar-refractivity contribution is 0.251. The van der Waals surface area contributed by atoms with E-state index in [0.717, 1.165) is 32.5 Å². The minimum absolute atomic E-state index is 0.0872. The number of amides is 2. The fraction of sp³-hybridized carbons (Fsp3) is 0.360. The van der Waals surface area contributed by atoms with Crippen molar-refractivity contribution in [1.82, 2.24) is 29.7 Å². The smallest absolute Gasteiger partial charge is 0.320 e. The molecule has 3 heterocycles. The maximum Gasteiger partial charge on any atom is 0.320 e. The number of aryl methyl sites for hydroxylation is 1. The summed E-state index contributed by atoms with van der Waals surface area (Å²) in [5, 5.41) is 18.9. The van der Waals surface area contributed by atoms with E-state index in [9.17, 15) is 4.79 Å². The number of hydrogen-bond acceptors (Lipinski definition) is 5. The molecule has 34 heavy (non-hydrogen) atoms. The highest BCUT2D eigenvalue weighted by Gasteiger charge is 2.19. The van der Waals surface area contributed by atoms with Gasteiger partial charge in [-0.2, -0.15) is 5.10 Å². The molecule has 4 aromatic rings. The lowest BCUT2D eigenvalue weighted by Crippen LogP contribution is -2.29. The molecule has 0 atom stereocenters. The van der Waals surface area contributed by atoms with Gasteiger partial charge < -0.3 is 5.32 Å². The molecule has 0 aliphatic heterocycles. The molecule has 1 aromatic carbocycles. The van der Waals surface area contributed by atoms with Gasteiger partial charge in [0.1, 0.15) is 11.6 Å². The highest BCUT2D eigenvalue weighted by atomic mass is 32.2. The van der Waals surface area contributed by atoms with E-state index in [4.69, 9.17) is 0 Å². The number of carbonyl (C=O) groups excluding carboxylic acids is 1. The molecule has 8 nitrogen and oxygen atoms in total. The molecule has 0 spiro atoms. The summed E-state index contributed by atoms with van der Waals surface area (Å²) >= 11 is 1.65. The molecule has 2 N–H and O–H groups in total. The number of urea groups is 1. The highest BCUT2D eigenvalue weighted by molar-refractivity contribution is 7.99. The number of fused-ring (bicyclic) bond motifs is 1. The van der Waals surface area contributed by atoms with Crippen molar-refractivity contribution in [3.8, 4) is 0 Å². The van der Waals surface area contributed by atoms with Crippen molar-refractivity contribution < 1.29 is 4.79 Å². The average Bonchev–Trinajstić information content (AvgIpc) is 3.36. The number of rotatable bonds is 6. The molecule has 2 amide bonds. The standard InChI is InChI=1S/C25H31N7OS/c1-16(2)23-29-28-21-12-11-18(15-32(21)23)34-19-10-8-7-9-17(19)14-26-24(33)27-22-13-20(25(3,4)5)30-31(22)6/h7-13,15-16H,14H2,1-6H3,(H2,26,27,33). The van der Waals surface area contributed by atoms with Gasteiger partial charge in [0.05, 0.1) is 5.69 Å². The van der Waals surface area contributed by atoms with Crippen LogP contribution < -0.4 is 10.6 Å². The third-order valence-electron chi connectivity index (χ3n) is 5.45. The van der Waals surface area contributed by atoms with Gasteiger partial charge in [-0.3, -0.25) is 14.4 Å². The SMILES string of the molecule is CC(C)c1nnc2ccc(Sc3ccccc3CNC(=O)Nc3cc(C(C)(C)C)nn3C)cn12. The molecule has 0 bridgehead atoms. The molecule has 0 saturated heterocycles. The van der Waals surface area contributed by atoms with Crippen LogP contribution in [-0.2, 0) is 19.0 Å². The van der Waals surface area contributed by atoms with E-state index < -0.39 is 0 Å². The molecule has 0 saturated carbocycles. The van der Waals surface area contributed by atoms with Crippen LogP contribution in [0.3, 0.4) is 0 Å². The van der Waals surface area contributed by atoms with Crippen molar-refractivity contribution in [2.24, 2.45) is 7.05 Å². The van der Waals surface area contributed by atoms with E-state index in [2.05, 4.69) is 72.8 Å². The Bertz CT molecular complexity index is 1320. The first kappa shape index (κ1) is 23.8. The van der Waals surface area contributed by atoms with Crippen LogP contribution in [0.25, 0.3) is 5.65 Å². The monoisotopic (exact) mass is 477 g/mol. The van der Waals surface area contributed by atoms with Gasteiger partial charge in [-0.1, -0.05) is 64.6 Å². The summed E-state index contributed by atoms with van der Waals surface area (Å²) < 4.78 is 3.73. The molecule has 9 heteroatoms. The molecule has 0 radical (unpaired) electrons. The van der Waals surface area contributed by atoms with E-state index in [0.29, 0.717) is 12.4 Å². The number of hydrogen-bond donors (Lipinski definition) is 2. The van der Waals surface area contributed by atoms with Gasteiger partial charge in [0.25, 0.3) is 0 Å². The van der Waals surface area contributed by atoms with E-state index in [1.54, 1.807) is 16.4 Å². The molecule has 3 aromatic heterocycles. The van der Waals surface area contributed by atoms with Gasteiger partial charge in [0.2, 0.25) is 0 Å². The number of pyridine rings is 1. The predicted molar refractivity (Wildman–Crippen MR) is 135 cm³/mol. The van der Waals surface area contributed by atoms with Crippen molar-refractivity contribution in [2.75, 3.05) is 5.32 Å². The molecule has 0 unspecified atom stereocenters. The summed E-state index contributed by atoms with van der Waals surface area (Å²) in [4.78, 5) is 14.8. The third-order valence-corrected chi connectivity index (χ3v) is 6.54. The van der Waals surface area contributed by atoms with Gasteiger partial charge in [-0.25, -0.2) is 4.79 Å². The molecule has 0 aliphatic carbocycles. The zero-order valence-corrected chi connectivity index (χ0v) is 21.3. The number of aromatic nitrogens is 5. The fourth-order valence-electron chi connectivity index (χ4n) is 3.51. The minimum atomic E-state index is -0.268. The molecular weight excluding hydrogens is 446 g/mol. The Hall–Kier alpha value is -3.33. The lowest BCUT2D eigenvalue weighted by Gasteiger charge is -2.13. The number of nitrogens with zero attached hydrogens (tertiary/aromatic N) is 5. The van der Waals surface area contributed by atoms with Crippen LogP contribution >= 0.6 is 11.8 Å². The quantitative estimate of drug-likeness (QED) is 0.390. The largest absolute Gasteiger partial charge is 0.334 e. The van der Waals surface area contributed by atoms with Crippen molar-refractivity contribution in [2.45, 2.75) is 62.3 Å². The van der Waals surface area contributed by atoms with Gasteiger partial charge in [-0.15, -0.1) is 10.2 Å². The topological polar surface area (TPSA) is 89.1 Å². The van der Waals surface area contributed by atoms with E-state index >= 15 is 0 Å². The summed E-state index contributed by atoms with van der Waals surface area (Å²) in [7, 11) is 1.83. The number of benzene rings is 1. The fourth-order valence-corrected chi connectivity index (χ4v) is 4.47. The Kier molecular flexibility index (Phi) is 6.65. The third kappa shape index (κ3) is 5.25. The van der Waals surface area contributed by atoms with Crippen LogP contribution in [0.2, 0.25) is 0 Å². The van der Waals surface area contributed by atoms with Gasteiger partial charge >= 0.3 is 6.03 Å². The summed E-state index contributed by atoms with van der Waals surface area (Å²) in [5.41, 5.74) is 2.72. The number of nitrogens with one attached hydrogen (secondary N) is 2. The average molecular weight is 478 g/mol. The summed E-state index contributed by atoms with van der Waals surface area (Å²) in [6, 6.07) is 13.8. The van der Waals surface area contributed by atoms with Gasteiger partial charge in [0.15, 0.2) is 5.65 Å². The second-order valence-electron chi connectivity index (χ2n) is 9.61. The molecule has 0 aliphatic rings.